The Morgan fingerprint density at radius 2 is 1.50 bits per heavy atom. The molecule has 3 aromatic rings. The summed E-state index contributed by atoms with van der Waals surface area (Å²) >= 11 is 0. The molecule has 1 N–H and O–H groups in total. The maximum Gasteiger partial charge on any atom is 0.264 e. The molecular formula is C32H41N3O4S. The van der Waals surface area contributed by atoms with Crippen LogP contribution in [0.5, 0.6) is 0 Å². The van der Waals surface area contributed by atoms with E-state index in [-0.39, 0.29) is 17.3 Å². The number of hydrogen-bond acceptors (Lipinski definition) is 4. The fraction of sp³-hybridized carbons (Fsp3) is 0.375. The fourth-order valence-corrected chi connectivity index (χ4v) is 6.17. The van der Waals surface area contributed by atoms with Crippen molar-refractivity contribution in [2.24, 2.45) is 0 Å². The molecule has 7 nitrogen and oxygen atoms in total. The minimum atomic E-state index is -4.10. The summed E-state index contributed by atoms with van der Waals surface area (Å²) in [5.41, 5.74) is 4.97. The Kier molecular flexibility index (Phi) is 10.5. The van der Waals surface area contributed by atoms with E-state index in [1.165, 1.54) is 9.21 Å². The highest BCUT2D eigenvalue weighted by Gasteiger charge is 2.34. The van der Waals surface area contributed by atoms with Crippen molar-refractivity contribution in [3.8, 4) is 0 Å². The van der Waals surface area contributed by atoms with Crippen LogP contribution in [-0.2, 0) is 26.2 Å². The number of carbonyl (C=O) groups is 2. The molecule has 1 atom stereocenters. The first-order chi connectivity index (χ1) is 19.0. The molecule has 0 radical (unpaired) electrons. The van der Waals surface area contributed by atoms with Crippen LogP contribution >= 0.6 is 0 Å². The van der Waals surface area contributed by atoms with E-state index in [9.17, 15) is 18.0 Å². The van der Waals surface area contributed by atoms with Crippen LogP contribution in [0.2, 0.25) is 0 Å². The average Bonchev–Trinajstić information content (AvgIpc) is 2.92. The molecule has 3 aromatic carbocycles. The van der Waals surface area contributed by atoms with E-state index >= 15 is 0 Å². The van der Waals surface area contributed by atoms with Crippen molar-refractivity contribution >= 4 is 27.5 Å². The van der Waals surface area contributed by atoms with Gasteiger partial charge in [-0.3, -0.25) is 13.9 Å². The van der Waals surface area contributed by atoms with Gasteiger partial charge in [-0.15, -0.1) is 0 Å². The molecule has 0 saturated carbocycles. The Bertz CT molecular complexity index is 1430. The molecule has 0 saturated heterocycles. The van der Waals surface area contributed by atoms with Crippen LogP contribution in [0.25, 0.3) is 0 Å². The van der Waals surface area contributed by atoms with Gasteiger partial charge >= 0.3 is 0 Å². The highest BCUT2D eigenvalue weighted by Crippen LogP contribution is 2.28. The Hall–Kier alpha value is -3.65. The van der Waals surface area contributed by atoms with Crippen molar-refractivity contribution in [3.05, 3.63) is 94.5 Å². The van der Waals surface area contributed by atoms with Gasteiger partial charge in [0, 0.05) is 13.1 Å². The van der Waals surface area contributed by atoms with E-state index in [4.69, 9.17) is 0 Å². The molecule has 0 bridgehead atoms. The van der Waals surface area contributed by atoms with Gasteiger partial charge in [-0.25, -0.2) is 8.42 Å². The summed E-state index contributed by atoms with van der Waals surface area (Å²) in [5.74, 6) is -0.692. The van der Waals surface area contributed by atoms with Gasteiger partial charge < -0.3 is 10.2 Å². The van der Waals surface area contributed by atoms with Gasteiger partial charge in [-0.1, -0.05) is 73.5 Å². The number of carbonyl (C=O) groups excluding carboxylic acids is 2. The fourth-order valence-electron chi connectivity index (χ4n) is 4.69. The van der Waals surface area contributed by atoms with Crippen molar-refractivity contribution in [2.75, 3.05) is 17.4 Å². The van der Waals surface area contributed by atoms with Gasteiger partial charge in [-0.2, -0.15) is 0 Å². The summed E-state index contributed by atoms with van der Waals surface area (Å²) in [4.78, 5) is 29.0. The van der Waals surface area contributed by atoms with Crippen LogP contribution in [0.15, 0.2) is 71.6 Å². The van der Waals surface area contributed by atoms with Gasteiger partial charge in [0.05, 0.1) is 10.6 Å². The maximum absolute atomic E-state index is 14.2. The number of anilines is 1. The van der Waals surface area contributed by atoms with E-state index in [0.29, 0.717) is 18.7 Å². The third kappa shape index (κ3) is 7.30. The quantitative estimate of drug-likeness (QED) is 0.318. The molecule has 0 spiro atoms. The number of rotatable bonds is 12. The van der Waals surface area contributed by atoms with Gasteiger partial charge in [0.25, 0.3) is 10.0 Å². The lowest BCUT2D eigenvalue weighted by Gasteiger charge is -2.34. The van der Waals surface area contributed by atoms with E-state index in [1.807, 2.05) is 77.9 Å². The zero-order valence-corrected chi connectivity index (χ0v) is 25.2. The van der Waals surface area contributed by atoms with Crippen molar-refractivity contribution in [3.63, 3.8) is 0 Å². The second-order valence-electron chi connectivity index (χ2n) is 10.3. The third-order valence-corrected chi connectivity index (χ3v) is 8.82. The van der Waals surface area contributed by atoms with Gasteiger partial charge in [0.15, 0.2) is 0 Å². The molecule has 2 amide bonds. The van der Waals surface area contributed by atoms with Crippen molar-refractivity contribution < 1.29 is 18.0 Å². The predicted octanol–water partition coefficient (Wildman–Crippen LogP) is 5.45. The van der Waals surface area contributed by atoms with Crippen LogP contribution in [0, 0.1) is 27.7 Å². The summed E-state index contributed by atoms with van der Waals surface area (Å²) in [6.45, 7) is 11.7. The number of sulfonamides is 1. The number of aryl methyl sites for hydroxylation is 4. The Balaban J connectivity index is 2.10. The van der Waals surface area contributed by atoms with Crippen molar-refractivity contribution in [1.29, 1.82) is 0 Å². The minimum Gasteiger partial charge on any atom is -0.354 e. The summed E-state index contributed by atoms with van der Waals surface area (Å²) in [6, 6.07) is 19.0. The molecular weight excluding hydrogens is 522 g/mol. The van der Waals surface area contributed by atoms with E-state index < -0.39 is 28.5 Å². The second kappa shape index (κ2) is 13.6. The van der Waals surface area contributed by atoms with E-state index in [0.717, 1.165) is 34.2 Å². The zero-order chi connectivity index (χ0) is 29.4. The second-order valence-corrected chi connectivity index (χ2v) is 12.1. The Labute approximate surface area is 239 Å². The first-order valence-corrected chi connectivity index (χ1v) is 15.2. The van der Waals surface area contributed by atoms with Crippen LogP contribution in [0.4, 0.5) is 5.69 Å². The Morgan fingerprint density at radius 3 is 2.10 bits per heavy atom. The molecule has 0 aliphatic carbocycles. The minimum absolute atomic E-state index is 0.101. The highest BCUT2D eigenvalue weighted by atomic mass is 32.2. The first kappa shape index (κ1) is 30.9. The normalized spacial score (nSPS) is 12.1. The maximum atomic E-state index is 14.2. The van der Waals surface area contributed by atoms with E-state index in [2.05, 4.69) is 5.32 Å². The number of nitrogens with one attached hydrogen (secondary N) is 1. The highest BCUT2D eigenvalue weighted by molar-refractivity contribution is 7.92. The molecule has 0 aliphatic heterocycles. The zero-order valence-electron chi connectivity index (χ0n) is 24.4. The smallest absolute Gasteiger partial charge is 0.264 e. The standard InChI is InChI=1S/C32H41N3O4S/c1-7-19-33-32(37)29(8-2)34(21-27-12-10-9-11-25(27)5)31(36)22-35(30-18-15-24(4)20-26(30)6)40(38,39)28-16-13-23(3)14-17-28/h9-18,20,29H,7-8,19,21-22H2,1-6H3,(H,33,37). The Morgan fingerprint density at radius 1 is 0.850 bits per heavy atom. The van der Waals surface area contributed by atoms with Crippen LogP contribution in [0.1, 0.15) is 54.5 Å². The van der Waals surface area contributed by atoms with Crippen molar-refractivity contribution in [1.82, 2.24) is 10.2 Å². The SMILES string of the molecule is CCCNC(=O)C(CC)N(Cc1ccccc1C)C(=O)CN(c1ccc(C)cc1C)S(=O)(=O)c1ccc(C)cc1. The van der Waals surface area contributed by atoms with Gasteiger partial charge in [0.2, 0.25) is 11.8 Å². The summed E-state index contributed by atoms with van der Waals surface area (Å²) in [7, 11) is -4.10. The number of amides is 2. The van der Waals surface area contributed by atoms with E-state index in [1.54, 1.807) is 30.3 Å². The molecule has 40 heavy (non-hydrogen) atoms. The molecule has 0 aliphatic rings. The van der Waals surface area contributed by atoms with Crippen LogP contribution in [0.3, 0.4) is 0 Å². The molecule has 8 heteroatoms. The topological polar surface area (TPSA) is 86.8 Å². The molecule has 1 unspecified atom stereocenters. The lowest BCUT2D eigenvalue weighted by atomic mass is 10.1. The number of hydrogen-bond donors (Lipinski definition) is 1. The predicted molar refractivity (Wildman–Crippen MR) is 161 cm³/mol. The summed E-state index contributed by atoms with van der Waals surface area (Å²) < 4.78 is 29.3. The molecule has 0 fully saturated rings. The lowest BCUT2D eigenvalue weighted by Crippen LogP contribution is -2.52. The van der Waals surface area contributed by atoms with Gasteiger partial charge in [0.1, 0.15) is 12.6 Å². The largest absolute Gasteiger partial charge is 0.354 e. The molecule has 3 rings (SSSR count). The lowest BCUT2D eigenvalue weighted by molar-refractivity contribution is -0.140. The average molecular weight is 564 g/mol. The number of benzene rings is 3. The number of nitrogens with zero attached hydrogens (tertiary/aromatic N) is 2. The molecule has 214 valence electrons. The summed E-state index contributed by atoms with van der Waals surface area (Å²) in [6.07, 6.45) is 1.16. The van der Waals surface area contributed by atoms with Crippen LogP contribution < -0.4 is 9.62 Å². The van der Waals surface area contributed by atoms with Crippen molar-refractivity contribution in [2.45, 2.75) is 71.9 Å². The van der Waals surface area contributed by atoms with Crippen LogP contribution in [-0.4, -0.2) is 44.3 Å². The third-order valence-electron chi connectivity index (χ3n) is 7.05. The van der Waals surface area contributed by atoms with Gasteiger partial charge in [-0.05, 0) is 75.4 Å². The molecule has 0 aromatic heterocycles. The molecule has 0 heterocycles. The summed E-state index contributed by atoms with van der Waals surface area (Å²) in [5, 5.41) is 2.92. The monoisotopic (exact) mass is 563 g/mol. The first-order valence-electron chi connectivity index (χ1n) is 13.8.